The normalized spacial score (nSPS) is 13.0. The molecule has 0 fully saturated rings. The van der Waals surface area contributed by atoms with Gasteiger partial charge in [-0.05, 0) is 50.6 Å². The Labute approximate surface area is 152 Å². The van der Waals surface area contributed by atoms with Gasteiger partial charge in [0.1, 0.15) is 18.4 Å². The molecule has 6 heteroatoms. The van der Waals surface area contributed by atoms with Crippen LogP contribution in [0.25, 0.3) is 5.69 Å². The molecule has 6 nitrogen and oxygen atoms in total. The van der Waals surface area contributed by atoms with Crippen LogP contribution in [-0.4, -0.2) is 26.8 Å². The van der Waals surface area contributed by atoms with Crippen molar-refractivity contribution in [3.63, 3.8) is 0 Å². The average Bonchev–Trinajstić information content (AvgIpc) is 3.18. The summed E-state index contributed by atoms with van der Waals surface area (Å²) in [5.41, 5.74) is 3.07. The van der Waals surface area contributed by atoms with Crippen molar-refractivity contribution in [2.45, 2.75) is 32.9 Å². The lowest BCUT2D eigenvalue weighted by Gasteiger charge is -2.19. The highest BCUT2D eigenvalue weighted by Gasteiger charge is 2.17. The fraction of sp³-hybridized carbons (Fsp3) is 0.250. The Morgan fingerprint density at radius 3 is 2.38 bits per heavy atom. The fourth-order valence-electron chi connectivity index (χ4n) is 2.55. The van der Waals surface area contributed by atoms with Crippen LogP contribution >= 0.6 is 0 Å². The molecule has 1 N–H and O–H groups in total. The van der Waals surface area contributed by atoms with Crippen molar-refractivity contribution in [2.24, 2.45) is 0 Å². The molecular weight excluding hydrogens is 328 g/mol. The number of benzene rings is 2. The molecule has 0 saturated heterocycles. The molecule has 0 aliphatic carbocycles. The van der Waals surface area contributed by atoms with Gasteiger partial charge in [0, 0.05) is 0 Å². The molecule has 2 atom stereocenters. The highest BCUT2D eigenvalue weighted by Crippen LogP contribution is 2.17. The number of ether oxygens (including phenoxy) is 1. The van der Waals surface area contributed by atoms with E-state index >= 15 is 0 Å². The van der Waals surface area contributed by atoms with Crippen LogP contribution in [0.3, 0.4) is 0 Å². The molecule has 1 amide bonds. The van der Waals surface area contributed by atoms with Gasteiger partial charge in [-0.2, -0.15) is 5.10 Å². The standard InChI is InChI=1S/C20H22N4O2/c1-14-4-10-19(11-5-14)26-16(3)20(25)23-15(2)17-6-8-18(9-7-17)24-13-21-12-22-24/h4-13,15-16H,1-3H3,(H,23,25)/t15-,16-/m1/s1. The topological polar surface area (TPSA) is 69.0 Å². The van der Waals surface area contributed by atoms with Crippen LogP contribution in [0, 0.1) is 6.92 Å². The number of carbonyl (C=O) groups is 1. The third kappa shape index (κ3) is 4.27. The van der Waals surface area contributed by atoms with E-state index in [-0.39, 0.29) is 11.9 Å². The van der Waals surface area contributed by atoms with Gasteiger partial charge in [0.25, 0.3) is 5.91 Å². The number of rotatable bonds is 6. The second-order valence-corrected chi connectivity index (χ2v) is 6.23. The van der Waals surface area contributed by atoms with E-state index in [4.69, 9.17) is 4.74 Å². The Morgan fingerprint density at radius 1 is 1.08 bits per heavy atom. The van der Waals surface area contributed by atoms with Gasteiger partial charge in [0.2, 0.25) is 0 Å². The second-order valence-electron chi connectivity index (χ2n) is 6.23. The molecule has 134 valence electrons. The van der Waals surface area contributed by atoms with E-state index in [0.29, 0.717) is 5.75 Å². The van der Waals surface area contributed by atoms with Gasteiger partial charge in [0.15, 0.2) is 6.10 Å². The number of hydrogen-bond acceptors (Lipinski definition) is 4. The maximum absolute atomic E-state index is 12.4. The van der Waals surface area contributed by atoms with Crippen LogP contribution in [0.5, 0.6) is 5.75 Å². The van der Waals surface area contributed by atoms with Crippen LogP contribution in [0.15, 0.2) is 61.2 Å². The first kappa shape index (κ1) is 17.7. The summed E-state index contributed by atoms with van der Waals surface area (Å²) in [4.78, 5) is 16.3. The minimum absolute atomic E-state index is 0.128. The predicted molar refractivity (Wildman–Crippen MR) is 99.2 cm³/mol. The van der Waals surface area contributed by atoms with Crippen molar-refractivity contribution < 1.29 is 9.53 Å². The molecule has 0 spiro atoms. The Kier molecular flexibility index (Phi) is 5.31. The van der Waals surface area contributed by atoms with Gasteiger partial charge in [-0.25, -0.2) is 9.67 Å². The maximum Gasteiger partial charge on any atom is 0.261 e. The molecule has 3 aromatic rings. The first-order valence-corrected chi connectivity index (χ1v) is 8.51. The lowest BCUT2D eigenvalue weighted by atomic mass is 10.1. The first-order valence-electron chi connectivity index (χ1n) is 8.51. The highest BCUT2D eigenvalue weighted by molar-refractivity contribution is 5.81. The van der Waals surface area contributed by atoms with Crippen molar-refractivity contribution >= 4 is 5.91 Å². The molecule has 1 heterocycles. The minimum Gasteiger partial charge on any atom is -0.481 e. The van der Waals surface area contributed by atoms with Crippen molar-refractivity contribution in [1.29, 1.82) is 0 Å². The number of carbonyl (C=O) groups excluding carboxylic acids is 1. The summed E-state index contributed by atoms with van der Waals surface area (Å²) >= 11 is 0. The van der Waals surface area contributed by atoms with Crippen LogP contribution in [0.1, 0.15) is 31.0 Å². The molecule has 0 radical (unpaired) electrons. The van der Waals surface area contributed by atoms with Gasteiger partial charge in [-0.1, -0.05) is 29.8 Å². The fourth-order valence-corrected chi connectivity index (χ4v) is 2.55. The van der Waals surface area contributed by atoms with E-state index in [1.165, 1.54) is 6.33 Å². The van der Waals surface area contributed by atoms with Crippen molar-refractivity contribution in [3.8, 4) is 11.4 Å². The van der Waals surface area contributed by atoms with E-state index in [1.54, 1.807) is 17.9 Å². The van der Waals surface area contributed by atoms with Gasteiger partial charge in [0.05, 0.1) is 11.7 Å². The molecule has 0 bridgehead atoms. The summed E-state index contributed by atoms with van der Waals surface area (Å²) in [7, 11) is 0. The first-order chi connectivity index (χ1) is 12.5. The zero-order chi connectivity index (χ0) is 18.5. The average molecular weight is 350 g/mol. The maximum atomic E-state index is 12.4. The van der Waals surface area contributed by atoms with E-state index in [1.807, 2.05) is 62.4 Å². The summed E-state index contributed by atoms with van der Waals surface area (Å²) in [5, 5.41) is 7.08. The number of hydrogen-bond donors (Lipinski definition) is 1. The summed E-state index contributed by atoms with van der Waals surface area (Å²) in [5.74, 6) is 0.529. The highest BCUT2D eigenvalue weighted by atomic mass is 16.5. The molecular formula is C20H22N4O2. The van der Waals surface area contributed by atoms with E-state index in [0.717, 1.165) is 16.8 Å². The monoisotopic (exact) mass is 350 g/mol. The molecule has 1 aromatic heterocycles. The Hall–Kier alpha value is -3.15. The summed E-state index contributed by atoms with van der Waals surface area (Å²) < 4.78 is 7.39. The minimum atomic E-state index is -0.574. The van der Waals surface area contributed by atoms with Crippen LogP contribution in [-0.2, 0) is 4.79 Å². The van der Waals surface area contributed by atoms with Gasteiger partial charge in [-0.15, -0.1) is 0 Å². The molecule has 2 aromatic carbocycles. The molecule has 26 heavy (non-hydrogen) atoms. The van der Waals surface area contributed by atoms with Crippen molar-refractivity contribution in [2.75, 3.05) is 0 Å². The second kappa shape index (κ2) is 7.82. The third-order valence-electron chi connectivity index (χ3n) is 4.14. The Morgan fingerprint density at radius 2 is 1.77 bits per heavy atom. The lowest BCUT2D eigenvalue weighted by Crippen LogP contribution is -2.37. The van der Waals surface area contributed by atoms with Gasteiger partial charge >= 0.3 is 0 Å². The Bertz CT molecular complexity index is 843. The largest absolute Gasteiger partial charge is 0.481 e. The quantitative estimate of drug-likeness (QED) is 0.741. The SMILES string of the molecule is Cc1ccc(O[C@H](C)C(=O)N[C@H](C)c2ccc(-n3cncn3)cc2)cc1. The van der Waals surface area contributed by atoms with Gasteiger partial charge < -0.3 is 10.1 Å². The lowest BCUT2D eigenvalue weighted by molar-refractivity contribution is -0.127. The molecule has 0 aliphatic rings. The number of aryl methyl sites for hydroxylation is 1. The molecule has 0 aliphatic heterocycles. The van der Waals surface area contributed by atoms with E-state index in [2.05, 4.69) is 15.4 Å². The number of amides is 1. The summed E-state index contributed by atoms with van der Waals surface area (Å²) in [6.07, 6.45) is 2.56. The summed E-state index contributed by atoms with van der Waals surface area (Å²) in [6, 6.07) is 15.3. The van der Waals surface area contributed by atoms with Crippen LogP contribution in [0.2, 0.25) is 0 Å². The predicted octanol–water partition coefficient (Wildman–Crippen LogP) is 3.22. The number of aromatic nitrogens is 3. The molecule has 3 rings (SSSR count). The molecule has 0 saturated carbocycles. The summed E-state index contributed by atoms with van der Waals surface area (Å²) in [6.45, 7) is 5.70. The molecule has 0 unspecified atom stereocenters. The van der Waals surface area contributed by atoms with Crippen LogP contribution < -0.4 is 10.1 Å². The van der Waals surface area contributed by atoms with Crippen LogP contribution in [0.4, 0.5) is 0 Å². The zero-order valence-corrected chi connectivity index (χ0v) is 15.1. The smallest absolute Gasteiger partial charge is 0.261 e. The number of nitrogens with zero attached hydrogens (tertiary/aromatic N) is 3. The van der Waals surface area contributed by atoms with E-state index in [9.17, 15) is 4.79 Å². The Balaban J connectivity index is 1.58. The van der Waals surface area contributed by atoms with Crippen molar-refractivity contribution in [3.05, 3.63) is 72.3 Å². The van der Waals surface area contributed by atoms with E-state index < -0.39 is 6.10 Å². The van der Waals surface area contributed by atoms with Crippen molar-refractivity contribution in [1.82, 2.24) is 20.1 Å². The number of nitrogens with one attached hydrogen (secondary N) is 1. The zero-order valence-electron chi connectivity index (χ0n) is 15.1. The third-order valence-corrected chi connectivity index (χ3v) is 4.14. The van der Waals surface area contributed by atoms with Gasteiger partial charge in [-0.3, -0.25) is 4.79 Å².